The Labute approximate surface area is 139 Å². The van der Waals surface area contributed by atoms with Gasteiger partial charge >= 0.3 is 11.9 Å². The van der Waals surface area contributed by atoms with Gasteiger partial charge in [-0.1, -0.05) is 6.92 Å². The average molecular weight is 336 g/mol. The van der Waals surface area contributed by atoms with E-state index in [1.54, 1.807) is 13.0 Å². The Bertz CT molecular complexity index is 664. The number of esters is 2. The molecule has 4 aliphatic rings. The Balaban J connectivity index is 1.84. The van der Waals surface area contributed by atoms with Crippen molar-refractivity contribution in [2.45, 2.75) is 51.1 Å². The smallest absolute Gasteiger partial charge is 0.333 e. The molecule has 7 nitrogen and oxygen atoms in total. The summed E-state index contributed by atoms with van der Waals surface area (Å²) in [5, 5.41) is 0. The van der Waals surface area contributed by atoms with Crippen LogP contribution < -0.4 is 0 Å². The van der Waals surface area contributed by atoms with E-state index in [2.05, 4.69) is 0 Å². The minimum atomic E-state index is -1.07. The predicted octanol–water partition coefficient (Wildman–Crippen LogP) is 0.553. The molecule has 7 heteroatoms. The van der Waals surface area contributed by atoms with Crippen LogP contribution in [-0.4, -0.2) is 55.4 Å². The molecule has 0 aromatic carbocycles. The lowest BCUT2D eigenvalue weighted by Crippen LogP contribution is -2.64. The lowest BCUT2D eigenvalue weighted by molar-refractivity contribution is -0.207. The molecule has 3 heterocycles. The second-order valence-electron chi connectivity index (χ2n) is 7.42. The van der Waals surface area contributed by atoms with Crippen LogP contribution in [0.4, 0.5) is 0 Å². The Morgan fingerprint density at radius 3 is 2.71 bits per heavy atom. The highest BCUT2D eigenvalue weighted by molar-refractivity contribution is 5.89. The van der Waals surface area contributed by atoms with Gasteiger partial charge in [0.15, 0.2) is 0 Å². The zero-order valence-corrected chi connectivity index (χ0v) is 13.9. The van der Waals surface area contributed by atoms with Crippen LogP contribution in [0.25, 0.3) is 0 Å². The molecule has 0 aromatic heterocycles. The van der Waals surface area contributed by atoms with Crippen LogP contribution in [0.3, 0.4) is 0 Å². The SMILES string of the molecule is CC(=O)OC1C[C@]2(C)C3(C=O)COC(=O)C(C)=CC3OC1C21CO1. The van der Waals surface area contributed by atoms with Crippen LogP contribution in [-0.2, 0) is 33.3 Å². The summed E-state index contributed by atoms with van der Waals surface area (Å²) in [6, 6.07) is 0. The van der Waals surface area contributed by atoms with Crippen molar-refractivity contribution in [1.29, 1.82) is 0 Å². The maximum Gasteiger partial charge on any atom is 0.333 e. The molecule has 4 rings (SSSR count). The van der Waals surface area contributed by atoms with Gasteiger partial charge in [-0.3, -0.25) is 4.79 Å². The van der Waals surface area contributed by atoms with Gasteiger partial charge in [0, 0.05) is 17.9 Å². The normalized spacial score (nSPS) is 48.9. The van der Waals surface area contributed by atoms with E-state index in [1.165, 1.54) is 6.92 Å². The first-order chi connectivity index (χ1) is 11.3. The molecule has 0 N–H and O–H groups in total. The highest BCUT2D eigenvalue weighted by atomic mass is 16.7. The minimum absolute atomic E-state index is 0.0744. The van der Waals surface area contributed by atoms with E-state index >= 15 is 0 Å². The van der Waals surface area contributed by atoms with Crippen molar-refractivity contribution < 1.29 is 33.3 Å². The molecule has 0 amide bonds. The van der Waals surface area contributed by atoms with Crippen LogP contribution in [0.2, 0.25) is 0 Å². The molecular weight excluding hydrogens is 316 g/mol. The second kappa shape index (κ2) is 4.67. The second-order valence-corrected chi connectivity index (χ2v) is 7.42. The Morgan fingerprint density at radius 2 is 2.12 bits per heavy atom. The van der Waals surface area contributed by atoms with Crippen molar-refractivity contribution in [2.24, 2.45) is 10.8 Å². The van der Waals surface area contributed by atoms with Crippen LogP contribution in [0.15, 0.2) is 11.6 Å². The first-order valence-corrected chi connectivity index (χ1v) is 8.08. The third-order valence-corrected chi connectivity index (χ3v) is 6.32. The van der Waals surface area contributed by atoms with Crippen LogP contribution in [0.5, 0.6) is 0 Å². The van der Waals surface area contributed by atoms with Gasteiger partial charge in [-0.05, 0) is 19.4 Å². The zero-order valence-electron chi connectivity index (χ0n) is 13.9. The van der Waals surface area contributed by atoms with Gasteiger partial charge in [-0.2, -0.15) is 0 Å². The van der Waals surface area contributed by atoms with E-state index in [0.717, 1.165) is 6.29 Å². The van der Waals surface area contributed by atoms with Gasteiger partial charge in [0.2, 0.25) is 0 Å². The molecule has 3 aliphatic heterocycles. The van der Waals surface area contributed by atoms with Crippen molar-refractivity contribution in [2.75, 3.05) is 13.2 Å². The van der Waals surface area contributed by atoms with E-state index in [1.807, 2.05) is 6.92 Å². The summed E-state index contributed by atoms with van der Waals surface area (Å²) >= 11 is 0. The Kier molecular flexibility index (Phi) is 3.07. The van der Waals surface area contributed by atoms with E-state index in [-0.39, 0.29) is 6.61 Å². The van der Waals surface area contributed by atoms with Crippen LogP contribution >= 0.6 is 0 Å². The van der Waals surface area contributed by atoms with E-state index in [0.29, 0.717) is 18.6 Å². The highest BCUT2D eigenvalue weighted by Gasteiger charge is 2.82. The lowest BCUT2D eigenvalue weighted by Gasteiger charge is -2.51. The van der Waals surface area contributed by atoms with Crippen molar-refractivity contribution in [3.63, 3.8) is 0 Å². The number of carbonyl (C=O) groups excluding carboxylic acids is 3. The fourth-order valence-electron chi connectivity index (χ4n) is 4.80. The quantitative estimate of drug-likeness (QED) is 0.413. The van der Waals surface area contributed by atoms with Gasteiger partial charge in [-0.15, -0.1) is 0 Å². The van der Waals surface area contributed by atoms with Crippen molar-refractivity contribution in [3.8, 4) is 0 Å². The fourth-order valence-corrected chi connectivity index (χ4v) is 4.80. The third-order valence-electron chi connectivity index (χ3n) is 6.32. The molecule has 1 saturated carbocycles. The number of cyclic esters (lactones) is 1. The molecule has 2 bridgehead atoms. The van der Waals surface area contributed by atoms with Crippen molar-refractivity contribution in [3.05, 3.63) is 11.6 Å². The van der Waals surface area contributed by atoms with Crippen LogP contribution in [0, 0.1) is 10.8 Å². The van der Waals surface area contributed by atoms with Crippen molar-refractivity contribution >= 4 is 18.2 Å². The maximum absolute atomic E-state index is 12.3. The number of hydrogen-bond acceptors (Lipinski definition) is 7. The number of aldehydes is 1. The first-order valence-electron chi connectivity index (χ1n) is 8.08. The lowest BCUT2D eigenvalue weighted by atomic mass is 9.56. The summed E-state index contributed by atoms with van der Waals surface area (Å²) < 4.78 is 22.8. The first kappa shape index (κ1) is 15.8. The molecule has 6 atom stereocenters. The topological polar surface area (TPSA) is 91.4 Å². The highest BCUT2D eigenvalue weighted by Crippen LogP contribution is 2.69. The summed E-state index contributed by atoms with van der Waals surface area (Å²) in [6.45, 7) is 5.30. The number of carbonyl (C=O) groups is 3. The van der Waals surface area contributed by atoms with E-state index < -0.39 is 46.7 Å². The standard InChI is InChI=1S/C17H20O7/c1-9-4-12-16(6-18,7-21-14(9)20)15(3)5-11(23-10(2)19)13(24-12)17(15)8-22-17/h4,6,11-13H,5,7-8H2,1-3H3/t11?,12?,13?,15-,16?,17?/m1/s1. The molecule has 0 aromatic rings. The summed E-state index contributed by atoms with van der Waals surface area (Å²) in [6.07, 6.45) is 1.35. The van der Waals surface area contributed by atoms with Gasteiger partial charge in [0.1, 0.15) is 30.7 Å². The molecule has 0 radical (unpaired) electrons. The number of rotatable bonds is 2. The van der Waals surface area contributed by atoms with Gasteiger partial charge in [-0.25, -0.2) is 4.79 Å². The Morgan fingerprint density at radius 1 is 1.42 bits per heavy atom. The molecular formula is C17H20O7. The van der Waals surface area contributed by atoms with Crippen LogP contribution in [0.1, 0.15) is 27.2 Å². The summed E-state index contributed by atoms with van der Waals surface area (Å²) in [7, 11) is 0. The summed E-state index contributed by atoms with van der Waals surface area (Å²) in [4.78, 5) is 35.7. The summed E-state index contributed by atoms with van der Waals surface area (Å²) in [5.74, 6) is -0.843. The predicted molar refractivity (Wildman–Crippen MR) is 78.8 cm³/mol. The van der Waals surface area contributed by atoms with E-state index in [4.69, 9.17) is 18.9 Å². The minimum Gasteiger partial charge on any atom is -0.461 e. The molecule has 5 unspecified atom stereocenters. The largest absolute Gasteiger partial charge is 0.461 e. The fraction of sp³-hybridized carbons (Fsp3) is 0.706. The van der Waals surface area contributed by atoms with Gasteiger partial charge < -0.3 is 23.7 Å². The van der Waals surface area contributed by atoms with E-state index in [9.17, 15) is 14.4 Å². The number of hydrogen-bond donors (Lipinski definition) is 0. The Hall–Kier alpha value is -1.73. The molecule has 1 aliphatic carbocycles. The molecule has 24 heavy (non-hydrogen) atoms. The number of epoxide rings is 1. The number of fused-ring (bicyclic) bond motifs is 2. The molecule has 2 saturated heterocycles. The zero-order chi connectivity index (χ0) is 17.3. The van der Waals surface area contributed by atoms with Gasteiger partial charge in [0.25, 0.3) is 0 Å². The monoisotopic (exact) mass is 336 g/mol. The molecule has 130 valence electrons. The molecule has 3 fully saturated rings. The summed E-state index contributed by atoms with van der Waals surface area (Å²) in [5.41, 5.74) is -1.99. The van der Waals surface area contributed by atoms with Crippen molar-refractivity contribution in [1.82, 2.24) is 0 Å². The van der Waals surface area contributed by atoms with Gasteiger partial charge in [0.05, 0.1) is 18.1 Å². The number of ether oxygens (including phenoxy) is 4. The molecule has 1 spiro atoms. The average Bonchev–Trinajstić information content (AvgIpc) is 3.29. The third kappa shape index (κ3) is 1.66. The maximum atomic E-state index is 12.3.